The molecule has 2 aromatic carbocycles. The van der Waals surface area contributed by atoms with Crippen molar-refractivity contribution in [3.05, 3.63) is 58.4 Å². The smallest absolute Gasteiger partial charge is 0.256 e. The summed E-state index contributed by atoms with van der Waals surface area (Å²) in [4.78, 5) is 12.4. The molecule has 0 saturated carbocycles. The second-order valence-electron chi connectivity index (χ2n) is 4.94. The van der Waals surface area contributed by atoms with Gasteiger partial charge in [-0.2, -0.15) is 0 Å². The quantitative estimate of drug-likeness (QED) is 0.877. The largest absolute Gasteiger partial charge is 0.385 e. The average molecular weight is 305 g/mol. The molecule has 0 radical (unpaired) electrons. The Morgan fingerprint density at radius 2 is 2.14 bits per heavy atom. The predicted molar refractivity (Wildman–Crippen MR) is 82.6 cm³/mol. The Bertz CT molecular complexity index is 703. The van der Waals surface area contributed by atoms with E-state index < -0.39 is 5.82 Å². The molecule has 0 unspecified atom stereocenters. The number of anilines is 2. The molecule has 3 rings (SSSR count). The molecule has 108 valence electrons. The second-order valence-corrected chi connectivity index (χ2v) is 5.38. The molecule has 0 aliphatic carbocycles. The van der Waals surface area contributed by atoms with E-state index in [0.29, 0.717) is 10.6 Å². The van der Waals surface area contributed by atoms with Crippen molar-refractivity contribution in [1.29, 1.82) is 0 Å². The third-order valence-corrected chi connectivity index (χ3v) is 3.75. The van der Waals surface area contributed by atoms with Crippen LogP contribution in [-0.4, -0.2) is 12.5 Å². The van der Waals surface area contributed by atoms with E-state index in [1.807, 2.05) is 12.1 Å². The molecule has 0 fully saturated rings. The van der Waals surface area contributed by atoms with Crippen LogP contribution in [0.3, 0.4) is 0 Å². The van der Waals surface area contributed by atoms with Crippen LogP contribution in [0.1, 0.15) is 22.3 Å². The summed E-state index contributed by atoms with van der Waals surface area (Å²) in [7, 11) is 0. The highest BCUT2D eigenvalue weighted by Gasteiger charge is 2.18. The number of carbonyl (C=O) groups is 1. The first-order valence-corrected chi connectivity index (χ1v) is 7.15. The van der Waals surface area contributed by atoms with Crippen LogP contribution in [0.2, 0.25) is 5.02 Å². The molecular formula is C16H14ClFN2O. The first-order valence-electron chi connectivity index (χ1n) is 6.77. The van der Waals surface area contributed by atoms with E-state index in [9.17, 15) is 9.18 Å². The highest BCUT2D eigenvalue weighted by Crippen LogP contribution is 2.26. The predicted octanol–water partition coefficient (Wildman–Crippen LogP) is 4.09. The SMILES string of the molecule is O=C(Nc1ccc(Cl)cc1F)c1cccc2c1CCCN2. The van der Waals surface area contributed by atoms with E-state index in [1.165, 1.54) is 12.1 Å². The molecular weight excluding hydrogens is 291 g/mol. The lowest BCUT2D eigenvalue weighted by molar-refractivity contribution is 0.102. The van der Waals surface area contributed by atoms with Gasteiger partial charge in [-0.15, -0.1) is 0 Å². The minimum Gasteiger partial charge on any atom is -0.385 e. The maximum absolute atomic E-state index is 13.8. The molecule has 1 aliphatic heterocycles. The number of amides is 1. The molecule has 0 aromatic heterocycles. The van der Waals surface area contributed by atoms with Crippen LogP contribution in [-0.2, 0) is 6.42 Å². The van der Waals surface area contributed by atoms with Gasteiger partial charge >= 0.3 is 0 Å². The minimum absolute atomic E-state index is 0.130. The number of carbonyl (C=O) groups excluding carboxylic acids is 1. The lowest BCUT2D eigenvalue weighted by Gasteiger charge is -2.20. The normalized spacial score (nSPS) is 13.2. The van der Waals surface area contributed by atoms with Crippen LogP contribution in [0, 0.1) is 5.82 Å². The summed E-state index contributed by atoms with van der Waals surface area (Å²) < 4.78 is 13.8. The lowest BCUT2D eigenvalue weighted by atomic mass is 9.97. The van der Waals surface area contributed by atoms with Gasteiger partial charge in [0.2, 0.25) is 0 Å². The third-order valence-electron chi connectivity index (χ3n) is 3.52. The van der Waals surface area contributed by atoms with Crippen LogP contribution in [0.5, 0.6) is 0 Å². The lowest BCUT2D eigenvalue weighted by Crippen LogP contribution is -2.19. The Labute approximate surface area is 127 Å². The van der Waals surface area contributed by atoms with E-state index in [4.69, 9.17) is 11.6 Å². The van der Waals surface area contributed by atoms with Gasteiger partial charge in [0.05, 0.1) is 5.69 Å². The number of benzene rings is 2. The van der Waals surface area contributed by atoms with Gasteiger partial charge < -0.3 is 10.6 Å². The van der Waals surface area contributed by atoms with E-state index in [-0.39, 0.29) is 11.6 Å². The Hall–Kier alpha value is -2.07. The van der Waals surface area contributed by atoms with Crippen LogP contribution in [0.4, 0.5) is 15.8 Å². The zero-order chi connectivity index (χ0) is 14.8. The summed E-state index contributed by atoms with van der Waals surface area (Å²) in [5.74, 6) is -0.851. The summed E-state index contributed by atoms with van der Waals surface area (Å²) in [6.07, 6.45) is 1.82. The molecule has 1 amide bonds. The first kappa shape index (κ1) is 13.9. The number of fused-ring (bicyclic) bond motifs is 1. The van der Waals surface area contributed by atoms with Gasteiger partial charge in [-0.3, -0.25) is 4.79 Å². The highest BCUT2D eigenvalue weighted by atomic mass is 35.5. The molecule has 2 aromatic rings. The van der Waals surface area contributed by atoms with Crippen molar-refractivity contribution < 1.29 is 9.18 Å². The number of halogens is 2. The third kappa shape index (κ3) is 2.85. The summed E-state index contributed by atoms with van der Waals surface area (Å²) in [6, 6.07) is 9.72. The number of hydrogen-bond donors (Lipinski definition) is 2. The van der Waals surface area contributed by atoms with Crippen molar-refractivity contribution in [3.63, 3.8) is 0 Å². The zero-order valence-corrected chi connectivity index (χ0v) is 12.0. The fourth-order valence-electron chi connectivity index (χ4n) is 2.50. The monoisotopic (exact) mass is 304 g/mol. The average Bonchev–Trinajstić information content (AvgIpc) is 2.49. The molecule has 0 atom stereocenters. The maximum atomic E-state index is 13.8. The van der Waals surface area contributed by atoms with Crippen LogP contribution in [0.25, 0.3) is 0 Å². The maximum Gasteiger partial charge on any atom is 0.256 e. The van der Waals surface area contributed by atoms with Gasteiger partial charge in [-0.1, -0.05) is 17.7 Å². The summed E-state index contributed by atoms with van der Waals surface area (Å²) >= 11 is 5.70. The topological polar surface area (TPSA) is 41.1 Å². The molecule has 2 N–H and O–H groups in total. The van der Waals surface area contributed by atoms with E-state index in [1.54, 1.807) is 12.1 Å². The number of nitrogens with one attached hydrogen (secondary N) is 2. The highest BCUT2D eigenvalue weighted by molar-refractivity contribution is 6.30. The first-order chi connectivity index (χ1) is 10.1. The number of rotatable bonds is 2. The molecule has 0 saturated heterocycles. The Morgan fingerprint density at radius 1 is 1.29 bits per heavy atom. The van der Waals surface area contributed by atoms with Crippen molar-refractivity contribution in [2.45, 2.75) is 12.8 Å². The van der Waals surface area contributed by atoms with Crippen molar-refractivity contribution >= 4 is 28.9 Å². The minimum atomic E-state index is -0.543. The molecule has 3 nitrogen and oxygen atoms in total. The van der Waals surface area contributed by atoms with Crippen molar-refractivity contribution in [1.82, 2.24) is 0 Å². The van der Waals surface area contributed by atoms with Gasteiger partial charge in [0.25, 0.3) is 5.91 Å². The van der Waals surface area contributed by atoms with Crippen molar-refractivity contribution in [3.8, 4) is 0 Å². The van der Waals surface area contributed by atoms with E-state index in [2.05, 4.69) is 10.6 Å². The van der Waals surface area contributed by atoms with Crippen molar-refractivity contribution in [2.75, 3.05) is 17.2 Å². The van der Waals surface area contributed by atoms with E-state index in [0.717, 1.165) is 30.6 Å². The zero-order valence-electron chi connectivity index (χ0n) is 11.2. The van der Waals surface area contributed by atoms with Crippen molar-refractivity contribution in [2.24, 2.45) is 0 Å². The van der Waals surface area contributed by atoms with Crippen LogP contribution in [0.15, 0.2) is 36.4 Å². The van der Waals surface area contributed by atoms with Crippen LogP contribution >= 0.6 is 11.6 Å². The Kier molecular flexibility index (Phi) is 3.80. The second kappa shape index (κ2) is 5.74. The molecule has 1 heterocycles. The van der Waals surface area contributed by atoms with E-state index >= 15 is 0 Å². The van der Waals surface area contributed by atoms with Gasteiger partial charge in [0.1, 0.15) is 5.82 Å². The fraction of sp³-hybridized carbons (Fsp3) is 0.188. The molecule has 0 spiro atoms. The summed E-state index contributed by atoms with van der Waals surface area (Å²) in [5.41, 5.74) is 2.67. The Balaban J connectivity index is 1.89. The van der Waals surface area contributed by atoms with Gasteiger partial charge in [-0.05, 0) is 48.7 Å². The standard InChI is InChI=1S/C16H14ClFN2O/c17-10-6-7-15(13(18)9-10)20-16(21)12-3-1-5-14-11(12)4-2-8-19-14/h1,3,5-7,9,19H,2,4,8H2,(H,20,21). The Morgan fingerprint density at radius 3 is 2.95 bits per heavy atom. The molecule has 5 heteroatoms. The van der Waals surface area contributed by atoms with Gasteiger partial charge in [0.15, 0.2) is 0 Å². The number of hydrogen-bond acceptors (Lipinski definition) is 2. The molecule has 0 bridgehead atoms. The van der Waals surface area contributed by atoms with Crippen LogP contribution < -0.4 is 10.6 Å². The molecule has 1 aliphatic rings. The van der Waals surface area contributed by atoms with Gasteiger partial charge in [0, 0.05) is 22.8 Å². The summed E-state index contributed by atoms with van der Waals surface area (Å²) in [6.45, 7) is 0.907. The fourth-order valence-corrected chi connectivity index (χ4v) is 2.66. The van der Waals surface area contributed by atoms with Gasteiger partial charge in [-0.25, -0.2) is 4.39 Å². The summed E-state index contributed by atoms with van der Waals surface area (Å²) in [5, 5.41) is 6.17. The molecule has 21 heavy (non-hydrogen) atoms.